The molecule has 0 radical (unpaired) electrons. The first-order valence-corrected chi connectivity index (χ1v) is 8.51. The maximum Gasteiger partial charge on any atom is 0.241 e. The van der Waals surface area contributed by atoms with Gasteiger partial charge in [-0.1, -0.05) is 13.8 Å². The van der Waals surface area contributed by atoms with Crippen LogP contribution in [0.3, 0.4) is 0 Å². The number of ether oxygens (including phenoxy) is 1. The number of hydrogen-bond acceptors (Lipinski definition) is 5. The first-order chi connectivity index (χ1) is 9.11. The lowest BCUT2D eigenvalue weighted by Gasteiger charge is -2.60. The number of nitrogens with one attached hydrogen (secondary N) is 1. The summed E-state index contributed by atoms with van der Waals surface area (Å²) in [6.07, 6.45) is 1.10. The molecule has 2 fully saturated rings. The summed E-state index contributed by atoms with van der Waals surface area (Å²) in [5, 5.41) is 7.63. The van der Waals surface area contributed by atoms with Crippen molar-refractivity contribution in [3.05, 3.63) is 0 Å². The average molecular weight is 305 g/mol. The molecule has 0 aromatic carbocycles. The highest BCUT2D eigenvalue weighted by Gasteiger charge is 2.71. The Hall–Kier alpha value is -0.700. The summed E-state index contributed by atoms with van der Waals surface area (Å²) in [7, 11) is -3.49. The zero-order valence-electron chi connectivity index (χ0n) is 11.9. The SMILES string of the molecule is CC1(C)C2OCCC2C1(N)C(=O)NCCCS(N)(=O)=O. The number of fused-ring (bicyclic) bond motifs is 1. The van der Waals surface area contributed by atoms with E-state index in [-0.39, 0.29) is 36.6 Å². The zero-order valence-corrected chi connectivity index (χ0v) is 12.7. The summed E-state index contributed by atoms with van der Waals surface area (Å²) >= 11 is 0. The summed E-state index contributed by atoms with van der Waals surface area (Å²) in [5.41, 5.74) is 4.98. The fourth-order valence-electron chi connectivity index (χ4n) is 3.47. The topological polar surface area (TPSA) is 125 Å². The van der Waals surface area contributed by atoms with Gasteiger partial charge in [0, 0.05) is 24.5 Å². The van der Waals surface area contributed by atoms with Crippen molar-refractivity contribution in [1.29, 1.82) is 0 Å². The van der Waals surface area contributed by atoms with Crippen molar-refractivity contribution in [2.24, 2.45) is 22.2 Å². The molecule has 0 aromatic heterocycles. The lowest BCUT2D eigenvalue weighted by atomic mass is 9.48. The maximum absolute atomic E-state index is 12.4. The average Bonchev–Trinajstić information content (AvgIpc) is 2.80. The molecule has 116 valence electrons. The van der Waals surface area contributed by atoms with Crippen LogP contribution in [0.15, 0.2) is 0 Å². The predicted molar refractivity (Wildman–Crippen MR) is 74.1 cm³/mol. The van der Waals surface area contributed by atoms with Crippen LogP contribution in [-0.2, 0) is 19.6 Å². The minimum Gasteiger partial charge on any atom is -0.377 e. The van der Waals surface area contributed by atoms with Gasteiger partial charge in [-0.05, 0) is 12.8 Å². The van der Waals surface area contributed by atoms with Gasteiger partial charge in [0.25, 0.3) is 0 Å². The Morgan fingerprint density at radius 1 is 1.45 bits per heavy atom. The van der Waals surface area contributed by atoms with Crippen molar-refractivity contribution in [1.82, 2.24) is 5.32 Å². The Morgan fingerprint density at radius 2 is 2.10 bits per heavy atom. The van der Waals surface area contributed by atoms with Crippen molar-refractivity contribution in [2.45, 2.75) is 38.3 Å². The van der Waals surface area contributed by atoms with Crippen LogP contribution < -0.4 is 16.2 Å². The Labute approximate surface area is 119 Å². The molecule has 1 saturated heterocycles. The molecule has 8 heteroatoms. The number of sulfonamides is 1. The molecule has 1 aliphatic heterocycles. The minimum absolute atomic E-state index is 0.0302. The molecular weight excluding hydrogens is 282 g/mol. The highest BCUT2D eigenvalue weighted by atomic mass is 32.2. The highest BCUT2D eigenvalue weighted by Crippen LogP contribution is 2.58. The fourth-order valence-corrected chi connectivity index (χ4v) is 4.01. The van der Waals surface area contributed by atoms with Crippen molar-refractivity contribution < 1.29 is 17.9 Å². The quantitative estimate of drug-likeness (QED) is 0.557. The van der Waals surface area contributed by atoms with Gasteiger partial charge in [0.15, 0.2) is 0 Å². The second kappa shape index (κ2) is 4.94. The maximum atomic E-state index is 12.4. The van der Waals surface area contributed by atoms with Crippen LogP contribution >= 0.6 is 0 Å². The summed E-state index contributed by atoms with van der Waals surface area (Å²) < 4.78 is 27.3. The van der Waals surface area contributed by atoms with Crippen molar-refractivity contribution >= 4 is 15.9 Å². The molecule has 3 unspecified atom stereocenters. The lowest BCUT2D eigenvalue weighted by Crippen LogP contribution is -2.80. The second-order valence-electron chi connectivity index (χ2n) is 6.25. The normalized spacial score (nSPS) is 35.2. The van der Waals surface area contributed by atoms with Crippen LogP contribution in [0, 0.1) is 11.3 Å². The van der Waals surface area contributed by atoms with Gasteiger partial charge in [-0.15, -0.1) is 0 Å². The van der Waals surface area contributed by atoms with Gasteiger partial charge in [-0.2, -0.15) is 0 Å². The third-order valence-electron chi connectivity index (χ3n) is 4.72. The molecule has 1 aliphatic carbocycles. The third kappa shape index (κ3) is 2.34. The van der Waals surface area contributed by atoms with Crippen LogP contribution in [0.2, 0.25) is 0 Å². The Kier molecular flexibility index (Phi) is 3.87. The number of carbonyl (C=O) groups excluding carboxylic acids is 1. The van der Waals surface area contributed by atoms with Gasteiger partial charge >= 0.3 is 0 Å². The lowest BCUT2D eigenvalue weighted by molar-refractivity contribution is -0.175. The van der Waals surface area contributed by atoms with Crippen LogP contribution in [-0.4, -0.2) is 44.9 Å². The van der Waals surface area contributed by atoms with Crippen LogP contribution in [0.4, 0.5) is 0 Å². The zero-order chi connectivity index (χ0) is 15.2. The number of carbonyl (C=O) groups is 1. The van der Waals surface area contributed by atoms with E-state index in [2.05, 4.69) is 5.32 Å². The molecule has 1 heterocycles. The number of amides is 1. The van der Waals surface area contributed by atoms with E-state index in [9.17, 15) is 13.2 Å². The van der Waals surface area contributed by atoms with Crippen LogP contribution in [0.1, 0.15) is 26.7 Å². The Balaban J connectivity index is 1.92. The molecule has 20 heavy (non-hydrogen) atoms. The van der Waals surface area contributed by atoms with Gasteiger partial charge in [0.05, 0.1) is 11.9 Å². The summed E-state index contributed by atoms with van der Waals surface area (Å²) in [6.45, 7) is 4.76. The molecule has 0 spiro atoms. The number of hydrogen-bond donors (Lipinski definition) is 3. The van der Waals surface area contributed by atoms with E-state index in [0.717, 1.165) is 6.42 Å². The van der Waals surface area contributed by atoms with Gasteiger partial charge in [-0.25, -0.2) is 13.6 Å². The largest absolute Gasteiger partial charge is 0.377 e. The minimum atomic E-state index is -3.49. The molecular formula is C12H23N3O4S. The van der Waals surface area contributed by atoms with E-state index in [1.54, 1.807) is 0 Å². The molecule has 2 rings (SSSR count). The van der Waals surface area contributed by atoms with Crippen LogP contribution in [0.5, 0.6) is 0 Å². The smallest absolute Gasteiger partial charge is 0.241 e. The Bertz CT molecular complexity index is 505. The van der Waals surface area contributed by atoms with E-state index in [1.807, 2.05) is 13.8 Å². The van der Waals surface area contributed by atoms with E-state index in [1.165, 1.54) is 0 Å². The highest BCUT2D eigenvalue weighted by molar-refractivity contribution is 7.89. The third-order valence-corrected chi connectivity index (χ3v) is 5.58. The predicted octanol–water partition coefficient (Wildman–Crippen LogP) is -1.08. The van der Waals surface area contributed by atoms with E-state index in [4.69, 9.17) is 15.6 Å². The molecule has 1 saturated carbocycles. The molecule has 7 nitrogen and oxygen atoms in total. The molecule has 0 bridgehead atoms. The van der Waals surface area contributed by atoms with Crippen molar-refractivity contribution in [3.63, 3.8) is 0 Å². The number of rotatable bonds is 5. The number of primary sulfonamides is 1. The number of nitrogens with two attached hydrogens (primary N) is 2. The van der Waals surface area contributed by atoms with E-state index < -0.39 is 21.0 Å². The second-order valence-corrected chi connectivity index (χ2v) is 7.99. The summed E-state index contributed by atoms with van der Waals surface area (Å²) in [5.74, 6) is -0.344. The van der Waals surface area contributed by atoms with Crippen LogP contribution in [0.25, 0.3) is 0 Å². The fraction of sp³-hybridized carbons (Fsp3) is 0.917. The molecule has 3 atom stereocenters. The monoisotopic (exact) mass is 305 g/mol. The molecule has 1 amide bonds. The van der Waals surface area contributed by atoms with Gasteiger partial charge in [0.2, 0.25) is 15.9 Å². The summed E-state index contributed by atoms with van der Waals surface area (Å²) in [6, 6.07) is 0. The van der Waals surface area contributed by atoms with Crippen molar-refractivity contribution in [2.75, 3.05) is 18.9 Å². The van der Waals surface area contributed by atoms with Crippen molar-refractivity contribution in [3.8, 4) is 0 Å². The first-order valence-electron chi connectivity index (χ1n) is 6.80. The standard InChI is InChI=1S/C12H23N3O4S/c1-11(2)9-8(4-6-19-9)12(11,13)10(16)15-5-3-7-20(14,17)18/h8-9H,3-7,13H2,1-2H3,(H,15,16)(H2,14,17,18). The van der Waals surface area contributed by atoms with E-state index >= 15 is 0 Å². The Morgan fingerprint density at radius 3 is 2.70 bits per heavy atom. The summed E-state index contributed by atoms with van der Waals surface area (Å²) in [4.78, 5) is 12.4. The molecule has 5 N–H and O–H groups in total. The molecule has 0 aromatic rings. The van der Waals surface area contributed by atoms with E-state index in [0.29, 0.717) is 6.61 Å². The van der Waals surface area contributed by atoms with Gasteiger partial charge in [-0.3, -0.25) is 4.79 Å². The first kappa shape index (κ1) is 15.7. The molecule has 2 aliphatic rings. The van der Waals surface area contributed by atoms with Gasteiger partial charge in [0.1, 0.15) is 5.54 Å². The van der Waals surface area contributed by atoms with Gasteiger partial charge < -0.3 is 15.8 Å².